The first-order chi connectivity index (χ1) is 6.24. The highest BCUT2D eigenvalue weighted by Gasteiger charge is 1.95. The van der Waals surface area contributed by atoms with Crippen molar-refractivity contribution in [1.29, 1.82) is 0 Å². The molecule has 0 atom stereocenters. The molecule has 1 nitrogen and oxygen atoms in total. The van der Waals surface area contributed by atoms with Gasteiger partial charge in [0.15, 0.2) is 0 Å². The van der Waals surface area contributed by atoms with E-state index in [1.807, 2.05) is 11.8 Å². The summed E-state index contributed by atoms with van der Waals surface area (Å²) in [7, 11) is 0. The van der Waals surface area contributed by atoms with Gasteiger partial charge in [0.1, 0.15) is 0 Å². The van der Waals surface area contributed by atoms with Gasteiger partial charge in [-0.3, -0.25) is 0 Å². The molecule has 1 aromatic carbocycles. The quantitative estimate of drug-likeness (QED) is 0.450. The Morgan fingerprint density at radius 3 is 2.62 bits per heavy atom. The van der Waals surface area contributed by atoms with E-state index in [0.717, 1.165) is 12.4 Å². The van der Waals surface area contributed by atoms with Gasteiger partial charge in [-0.25, -0.2) is 0 Å². The highest BCUT2D eigenvalue weighted by molar-refractivity contribution is 7.99. The molecule has 0 aliphatic rings. The molecular weight excluding hydrogens is 178 g/mol. The molecule has 0 aromatic heterocycles. The molecule has 0 heterocycles. The SMILES string of the molecule is CCNCSc1ccc(C)c(C)c1. The van der Waals surface area contributed by atoms with Crippen LogP contribution in [0.2, 0.25) is 0 Å². The molecule has 0 aliphatic carbocycles. The van der Waals surface area contributed by atoms with Gasteiger partial charge in [0.2, 0.25) is 0 Å². The lowest BCUT2D eigenvalue weighted by atomic mass is 10.1. The van der Waals surface area contributed by atoms with Crippen LogP contribution in [0.1, 0.15) is 18.1 Å². The van der Waals surface area contributed by atoms with Crippen molar-refractivity contribution in [2.24, 2.45) is 0 Å². The topological polar surface area (TPSA) is 12.0 Å². The molecule has 0 amide bonds. The summed E-state index contributed by atoms with van der Waals surface area (Å²) in [5.41, 5.74) is 2.74. The van der Waals surface area contributed by atoms with Gasteiger partial charge in [0, 0.05) is 10.8 Å². The minimum absolute atomic E-state index is 0.999. The van der Waals surface area contributed by atoms with E-state index in [1.165, 1.54) is 16.0 Å². The standard InChI is InChI=1S/C11H17NS/c1-4-12-8-13-11-6-5-9(2)10(3)7-11/h5-7,12H,4,8H2,1-3H3. The van der Waals surface area contributed by atoms with Crippen LogP contribution < -0.4 is 5.32 Å². The highest BCUT2D eigenvalue weighted by Crippen LogP contribution is 2.19. The van der Waals surface area contributed by atoms with Crippen LogP contribution in [-0.4, -0.2) is 12.4 Å². The second-order valence-electron chi connectivity index (χ2n) is 3.14. The smallest absolute Gasteiger partial charge is 0.0465 e. The first kappa shape index (κ1) is 10.6. The Bertz CT molecular complexity index is 271. The molecule has 0 fully saturated rings. The lowest BCUT2D eigenvalue weighted by Gasteiger charge is -2.04. The summed E-state index contributed by atoms with van der Waals surface area (Å²) in [5.74, 6) is 0.999. The van der Waals surface area contributed by atoms with Crippen LogP contribution in [0.25, 0.3) is 0 Å². The average molecular weight is 195 g/mol. The fourth-order valence-corrected chi connectivity index (χ4v) is 1.94. The van der Waals surface area contributed by atoms with E-state index >= 15 is 0 Å². The van der Waals surface area contributed by atoms with Gasteiger partial charge >= 0.3 is 0 Å². The van der Waals surface area contributed by atoms with E-state index in [9.17, 15) is 0 Å². The molecule has 0 saturated carbocycles. The van der Waals surface area contributed by atoms with Gasteiger partial charge in [-0.05, 0) is 43.7 Å². The summed E-state index contributed by atoms with van der Waals surface area (Å²) < 4.78 is 0. The van der Waals surface area contributed by atoms with Crippen LogP contribution in [0.3, 0.4) is 0 Å². The molecular formula is C11H17NS. The van der Waals surface area contributed by atoms with E-state index in [2.05, 4.69) is 44.3 Å². The van der Waals surface area contributed by atoms with Gasteiger partial charge in [-0.1, -0.05) is 13.0 Å². The summed E-state index contributed by atoms with van der Waals surface area (Å²) in [5, 5.41) is 3.29. The third-order valence-corrected chi connectivity index (χ3v) is 3.00. The molecule has 0 spiro atoms. The largest absolute Gasteiger partial charge is 0.308 e. The lowest BCUT2D eigenvalue weighted by Crippen LogP contribution is -2.10. The molecule has 0 radical (unpaired) electrons. The Morgan fingerprint density at radius 1 is 1.23 bits per heavy atom. The average Bonchev–Trinajstić information content (AvgIpc) is 2.12. The monoisotopic (exact) mass is 195 g/mol. The maximum atomic E-state index is 3.29. The molecule has 2 heteroatoms. The summed E-state index contributed by atoms with van der Waals surface area (Å²) in [6.07, 6.45) is 0. The molecule has 0 aliphatic heterocycles. The number of aryl methyl sites for hydroxylation is 2. The van der Waals surface area contributed by atoms with E-state index in [1.54, 1.807) is 0 Å². The number of benzene rings is 1. The van der Waals surface area contributed by atoms with Crippen molar-refractivity contribution in [3.63, 3.8) is 0 Å². The zero-order valence-corrected chi connectivity index (χ0v) is 9.37. The van der Waals surface area contributed by atoms with E-state index in [4.69, 9.17) is 0 Å². The van der Waals surface area contributed by atoms with Crippen LogP contribution in [0.5, 0.6) is 0 Å². The van der Waals surface area contributed by atoms with Crippen LogP contribution in [0.4, 0.5) is 0 Å². The molecule has 72 valence electrons. The molecule has 0 bridgehead atoms. The molecule has 1 aromatic rings. The minimum atomic E-state index is 0.999. The van der Waals surface area contributed by atoms with Crippen molar-refractivity contribution in [3.05, 3.63) is 29.3 Å². The lowest BCUT2D eigenvalue weighted by molar-refractivity contribution is 0.839. The minimum Gasteiger partial charge on any atom is -0.308 e. The first-order valence-electron chi connectivity index (χ1n) is 4.65. The van der Waals surface area contributed by atoms with Crippen molar-refractivity contribution in [1.82, 2.24) is 5.32 Å². The Morgan fingerprint density at radius 2 is 2.00 bits per heavy atom. The number of hydrogen-bond donors (Lipinski definition) is 1. The highest BCUT2D eigenvalue weighted by atomic mass is 32.2. The fraction of sp³-hybridized carbons (Fsp3) is 0.455. The summed E-state index contributed by atoms with van der Waals surface area (Å²) in [6, 6.07) is 6.62. The zero-order valence-electron chi connectivity index (χ0n) is 8.55. The number of thioether (sulfide) groups is 1. The number of rotatable bonds is 4. The second kappa shape index (κ2) is 5.30. The fourth-order valence-electron chi connectivity index (χ4n) is 1.04. The summed E-state index contributed by atoms with van der Waals surface area (Å²) in [6.45, 7) is 7.47. The van der Waals surface area contributed by atoms with E-state index in [-0.39, 0.29) is 0 Å². The molecule has 13 heavy (non-hydrogen) atoms. The Balaban J connectivity index is 2.53. The maximum absolute atomic E-state index is 3.29. The summed E-state index contributed by atoms with van der Waals surface area (Å²) >= 11 is 1.86. The van der Waals surface area contributed by atoms with Crippen LogP contribution in [-0.2, 0) is 0 Å². The normalized spacial score (nSPS) is 10.4. The van der Waals surface area contributed by atoms with E-state index in [0.29, 0.717) is 0 Å². The van der Waals surface area contributed by atoms with Crippen molar-refractivity contribution in [2.45, 2.75) is 25.7 Å². The molecule has 1 rings (SSSR count). The molecule has 0 unspecified atom stereocenters. The second-order valence-corrected chi connectivity index (χ2v) is 4.19. The van der Waals surface area contributed by atoms with Crippen molar-refractivity contribution in [3.8, 4) is 0 Å². The van der Waals surface area contributed by atoms with E-state index < -0.39 is 0 Å². The van der Waals surface area contributed by atoms with Gasteiger partial charge in [-0.2, -0.15) is 0 Å². The number of hydrogen-bond acceptors (Lipinski definition) is 2. The van der Waals surface area contributed by atoms with Crippen LogP contribution in [0.15, 0.2) is 23.1 Å². The van der Waals surface area contributed by atoms with Crippen molar-refractivity contribution >= 4 is 11.8 Å². The predicted molar refractivity (Wildman–Crippen MR) is 60.3 cm³/mol. The zero-order chi connectivity index (χ0) is 9.68. The molecule has 1 N–H and O–H groups in total. The van der Waals surface area contributed by atoms with Crippen LogP contribution in [0, 0.1) is 13.8 Å². The molecule has 0 saturated heterocycles. The van der Waals surface area contributed by atoms with Gasteiger partial charge < -0.3 is 5.32 Å². The maximum Gasteiger partial charge on any atom is 0.0465 e. The summed E-state index contributed by atoms with van der Waals surface area (Å²) in [4.78, 5) is 1.35. The van der Waals surface area contributed by atoms with Gasteiger partial charge in [0.25, 0.3) is 0 Å². The van der Waals surface area contributed by atoms with Crippen molar-refractivity contribution < 1.29 is 0 Å². The third-order valence-electron chi connectivity index (χ3n) is 2.07. The first-order valence-corrected chi connectivity index (χ1v) is 5.63. The number of nitrogens with one attached hydrogen (secondary N) is 1. The Labute approximate surface area is 84.9 Å². The van der Waals surface area contributed by atoms with Crippen molar-refractivity contribution in [2.75, 3.05) is 12.4 Å². The third kappa shape index (κ3) is 3.41. The Hall–Kier alpha value is -0.470. The van der Waals surface area contributed by atoms with Crippen LogP contribution >= 0.6 is 11.8 Å². The Kier molecular flexibility index (Phi) is 4.33. The van der Waals surface area contributed by atoms with Gasteiger partial charge in [0.05, 0.1) is 0 Å². The van der Waals surface area contributed by atoms with Gasteiger partial charge in [-0.15, -0.1) is 11.8 Å². The predicted octanol–water partition coefficient (Wildman–Crippen LogP) is 2.96.